The van der Waals surface area contributed by atoms with Crippen molar-refractivity contribution < 1.29 is 22.7 Å². The molecule has 3 heterocycles. The van der Waals surface area contributed by atoms with Crippen molar-refractivity contribution in [1.29, 1.82) is 0 Å². The predicted molar refractivity (Wildman–Crippen MR) is 156 cm³/mol. The van der Waals surface area contributed by atoms with E-state index in [4.69, 9.17) is 4.74 Å². The highest BCUT2D eigenvalue weighted by atomic mass is 19.4. The number of pyridine rings is 1. The Bertz CT molecular complexity index is 1580. The molecule has 0 spiro atoms. The van der Waals surface area contributed by atoms with Gasteiger partial charge in [0, 0.05) is 61.9 Å². The highest BCUT2D eigenvalue weighted by Crippen LogP contribution is 2.35. The van der Waals surface area contributed by atoms with E-state index >= 15 is 0 Å². The molecule has 2 aromatic heterocycles. The lowest BCUT2D eigenvalue weighted by Gasteiger charge is -2.34. The minimum absolute atomic E-state index is 0.0712. The molecule has 1 amide bonds. The minimum Gasteiger partial charge on any atom is -0.494 e. The van der Waals surface area contributed by atoms with Crippen LogP contribution >= 0.6 is 0 Å². The molecule has 1 saturated carbocycles. The van der Waals surface area contributed by atoms with Crippen LogP contribution in [0.5, 0.6) is 5.75 Å². The van der Waals surface area contributed by atoms with Gasteiger partial charge in [-0.25, -0.2) is 4.52 Å². The number of hydrogen-bond acceptors (Lipinski definition) is 7. The Morgan fingerprint density at radius 3 is 2.40 bits per heavy atom. The fraction of sp³-hybridized carbons (Fsp3) is 0.367. The van der Waals surface area contributed by atoms with E-state index in [2.05, 4.69) is 38.3 Å². The highest BCUT2D eigenvalue weighted by Gasteiger charge is 2.44. The average molecular weight is 580 g/mol. The fourth-order valence-corrected chi connectivity index (χ4v) is 5.12. The van der Waals surface area contributed by atoms with Gasteiger partial charge >= 0.3 is 12.1 Å². The van der Waals surface area contributed by atoms with Gasteiger partial charge in [0.15, 0.2) is 5.65 Å². The standard InChI is InChI=1S/C30H32F3N7O2/c1-37-13-15-38(16-14-37)24-10-11-25(26(17-24)42-2)34-29-35-27-12-7-22(19-40(27)36-29)21-5-8-23(9-6-21)39(18-20-3-4-20)28(41)30(31,32)33/h5-12,17,19-20H,3-4,13-16,18H2,1-2H3,(H,34,36). The number of nitrogens with zero attached hydrogens (tertiary/aromatic N) is 6. The van der Waals surface area contributed by atoms with E-state index in [0.717, 1.165) is 66.4 Å². The summed E-state index contributed by atoms with van der Waals surface area (Å²) in [5, 5.41) is 7.82. The third-order valence-corrected chi connectivity index (χ3v) is 7.77. The van der Waals surface area contributed by atoms with E-state index in [-0.39, 0.29) is 18.2 Å². The van der Waals surface area contributed by atoms with E-state index in [1.165, 1.54) is 0 Å². The second-order valence-corrected chi connectivity index (χ2v) is 10.9. The number of halogens is 3. The van der Waals surface area contributed by atoms with Gasteiger partial charge in [-0.15, -0.1) is 5.10 Å². The molecule has 4 aromatic rings. The molecule has 1 N–H and O–H groups in total. The monoisotopic (exact) mass is 579 g/mol. The molecule has 0 bridgehead atoms. The predicted octanol–water partition coefficient (Wildman–Crippen LogP) is 5.21. The summed E-state index contributed by atoms with van der Waals surface area (Å²) in [6, 6.07) is 16.3. The number of nitrogens with one attached hydrogen (secondary N) is 1. The summed E-state index contributed by atoms with van der Waals surface area (Å²) in [4.78, 5) is 22.1. The van der Waals surface area contributed by atoms with Crippen molar-refractivity contribution >= 4 is 34.6 Å². The van der Waals surface area contributed by atoms with E-state index in [9.17, 15) is 18.0 Å². The molecule has 0 unspecified atom stereocenters. The smallest absolute Gasteiger partial charge is 0.471 e. The van der Waals surface area contributed by atoms with Crippen molar-refractivity contribution in [2.24, 2.45) is 5.92 Å². The number of piperazine rings is 1. The summed E-state index contributed by atoms with van der Waals surface area (Å²) in [5.74, 6) is -0.638. The normalized spacial score (nSPS) is 16.1. The van der Waals surface area contributed by atoms with Gasteiger partial charge in [-0.2, -0.15) is 18.2 Å². The number of amides is 1. The van der Waals surface area contributed by atoms with Crippen molar-refractivity contribution in [3.05, 3.63) is 60.8 Å². The van der Waals surface area contributed by atoms with Crippen molar-refractivity contribution in [2.75, 3.05) is 62.0 Å². The van der Waals surface area contributed by atoms with Crippen LogP contribution in [0.4, 0.5) is 36.2 Å². The number of likely N-dealkylation sites (N-methyl/N-ethyl adjacent to an activating group) is 1. The molecule has 1 aliphatic heterocycles. The van der Waals surface area contributed by atoms with Gasteiger partial charge in [-0.05, 0) is 67.8 Å². The van der Waals surface area contributed by atoms with Crippen LogP contribution in [-0.2, 0) is 4.79 Å². The third-order valence-electron chi connectivity index (χ3n) is 7.77. The van der Waals surface area contributed by atoms with Crippen molar-refractivity contribution in [3.8, 4) is 16.9 Å². The van der Waals surface area contributed by atoms with Gasteiger partial charge in [-0.1, -0.05) is 12.1 Å². The minimum atomic E-state index is -4.92. The van der Waals surface area contributed by atoms with Crippen LogP contribution < -0.4 is 19.9 Å². The maximum absolute atomic E-state index is 13.2. The van der Waals surface area contributed by atoms with Gasteiger partial charge in [0.25, 0.3) is 0 Å². The molecule has 220 valence electrons. The summed E-state index contributed by atoms with van der Waals surface area (Å²) in [6.07, 6.45) is -1.44. The quantitative estimate of drug-likeness (QED) is 0.307. The number of carbonyl (C=O) groups excluding carboxylic acids is 1. The number of fused-ring (bicyclic) bond motifs is 1. The average Bonchev–Trinajstić information content (AvgIpc) is 3.72. The number of anilines is 4. The van der Waals surface area contributed by atoms with Crippen LogP contribution in [0.3, 0.4) is 0 Å². The molecule has 2 fully saturated rings. The second kappa shape index (κ2) is 11.2. The van der Waals surface area contributed by atoms with E-state index in [1.54, 1.807) is 42.1 Å². The van der Waals surface area contributed by atoms with Gasteiger partial charge in [0.2, 0.25) is 5.95 Å². The zero-order valence-corrected chi connectivity index (χ0v) is 23.4. The second-order valence-electron chi connectivity index (χ2n) is 10.9. The van der Waals surface area contributed by atoms with E-state index in [1.807, 2.05) is 24.3 Å². The van der Waals surface area contributed by atoms with Crippen molar-refractivity contribution in [1.82, 2.24) is 19.5 Å². The van der Waals surface area contributed by atoms with Crippen molar-refractivity contribution in [2.45, 2.75) is 19.0 Å². The summed E-state index contributed by atoms with van der Waals surface area (Å²) < 4.78 is 46.9. The SMILES string of the molecule is COc1cc(N2CCN(C)CC2)ccc1Nc1nc2ccc(-c3ccc(N(CC4CC4)C(=O)C(F)(F)F)cc3)cn2n1. The third kappa shape index (κ3) is 5.98. The molecular weight excluding hydrogens is 547 g/mol. The van der Waals surface area contributed by atoms with Crippen LogP contribution in [0.15, 0.2) is 60.8 Å². The maximum Gasteiger partial charge on any atom is 0.471 e. The van der Waals surface area contributed by atoms with Crippen LogP contribution in [0.1, 0.15) is 12.8 Å². The zero-order valence-electron chi connectivity index (χ0n) is 23.4. The number of alkyl halides is 3. The first-order chi connectivity index (χ1) is 20.2. The Hall–Kier alpha value is -4.32. The number of hydrogen-bond donors (Lipinski definition) is 1. The lowest BCUT2D eigenvalue weighted by Crippen LogP contribution is -2.44. The van der Waals surface area contributed by atoms with Crippen LogP contribution in [0.2, 0.25) is 0 Å². The molecule has 12 heteroatoms. The number of ether oxygens (including phenoxy) is 1. The molecule has 6 rings (SSSR count). The van der Waals surface area contributed by atoms with Crippen LogP contribution in [-0.4, -0.2) is 78.5 Å². The van der Waals surface area contributed by atoms with Gasteiger partial charge in [-0.3, -0.25) is 4.79 Å². The molecule has 0 radical (unpaired) electrons. The molecule has 2 aromatic carbocycles. The molecule has 1 saturated heterocycles. The summed E-state index contributed by atoms with van der Waals surface area (Å²) in [6.45, 7) is 4.00. The largest absolute Gasteiger partial charge is 0.494 e. The first-order valence-corrected chi connectivity index (χ1v) is 13.9. The maximum atomic E-state index is 13.2. The van der Waals surface area contributed by atoms with Gasteiger partial charge < -0.3 is 24.8 Å². The van der Waals surface area contributed by atoms with Gasteiger partial charge in [0.05, 0.1) is 12.8 Å². The molecule has 2 aliphatic rings. The fourth-order valence-electron chi connectivity index (χ4n) is 5.12. The Morgan fingerprint density at radius 2 is 1.74 bits per heavy atom. The summed E-state index contributed by atoms with van der Waals surface area (Å²) in [5.41, 5.74) is 4.27. The van der Waals surface area contributed by atoms with E-state index in [0.29, 0.717) is 17.3 Å². The number of carbonyl (C=O) groups is 1. The van der Waals surface area contributed by atoms with Crippen LogP contribution in [0, 0.1) is 5.92 Å². The molecule has 0 atom stereocenters. The lowest BCUT2D eigenvalue weighted by atomic mass is 10.1. The first kappa shape index (κ1) is 27.8. The number of aromatic nitrogens is 3. The van der Waals surface area contributed by atoms with Gasteiger partial charge in [0.1, 0.15) is 5.75 Å². The first-order valence-electron chi connectivity index (χ1n) is 13.9. The molecule has 42 heavy (non-hydrogen) atoms. The van der Waals surface area contributed by atoms with E-state index < -0.39 is 12.1 Å². The zero-order chi connectivity index (χ0) is 29.4. The molecule has 1 aliphatic carbocycles. The number of rotatable bonds is 8. The van der Waals surface area contributed by atoms with Crippen LogP contribution in [0.25, 0.3) is 16.8 Å². The Labute approximate surface area is 241 Å². The summed E-state index contributed by atoms with van der Waals surface area (Å²) in [7, 11) is 3.76. The number of benzene rings is 2. The Kier molecular flexibility index (Phi) is 7.40. The molecular formula is C30H32F3N7O2. The Balaban J connectivity index is 1.19. The number of methoxy groups -OCH3 is 1. The van der Waals surface area contributed by atoms with Crippen molar-refractivity contribution in [3.63, 3.8) is 0 Å². The lowest BCUT2D eigenvalue weighted by molar-refractivity contribution is -0.170. The molecule has 9 nitrogen and oxygen atoms in total. The topological polar surface area (TPSA) is 78.2 Å². The Morgan fingerprint density at radius 1 is 1.02 bits per heavy atom. The summed E-state index contributed by atoms with van der Waals surface area (Å²) >= 11 is 0. The highest BCUT2D eigenvalue weighted by molar-refractivity contribution is 5.97.